The van der Waals surface area contributed by atoms with E-state index < -0.39 is 0 Å². The van der Waals surface area contributed by atoms with Gasteiger partial charge in [-0.3, -0.25) is 4.79 Å². The van der Waals surface area contributed by atoms with Crippen molar-refractivity contribution in [3.63, 3.8) is 0 Å². The van der Waals surface area contributed by atoms with Crippen LogP contribution in [0, 0.1) is 29.6 Å². The van der Waals surface area contributed by atoms with Crippen molar-refractivity contribution < 1.29 is 15.0 Å². The van der Waals surface area contributed by atoms with E-state index in [0.29, 0.717) is 12.2 Å². The lowest BCUT2D eigenvalue weighted by atomic mass is 9.74. The Balaban J connectivity index is 1.66. The van der Waals surface area contributed by atoms with E-state index in [9.17, 15) is 9.90 Å². The van der Waals surface area contributed by atoms with Gasteiger partial charge in [-0.2, -0.15) is 0 Å². The Kier molecular flexibility index (Phi) is 4.79. The van der Waals surface area contributed by atoms with E-state index in [2.05, 4.69) is 11.8 Å². The second-order valence-corrected chi connectivity index (χ2v) is 5.48. The molecule has 2 fully saturated rings. The highest BCUT2D eigenvalue weighted by Gasteiger charge is 2.52. The van der Waals surface area contributed by atoms with Gasteiger partial charge in [-0.15, -0.1) is 5.92 Å². The second-order valence-electron chi connectivity index (χ2n) is 5.48. The molecule has 0 heterocycles. The molecular weight excluding hydrogens is 228 g/mol. The van der Waals surface area contributed by atoms with Gasteiger partial charge in [-0.05, 0) is 19.3 Å². The Morgan fingerprint density at radius 3 is 2.67 bits per heavy atom. The number of aliphatic hydroxyl groups is 2. The van der Waals surface area contributed by atoms with Crippen LogP contribution < -0.4 is 0 Å². The highest BCUT2D eigenvalue weighted by atomic mass is 16.3. The minimum absolute atomic E-state index is 0.0175. The normalized spacial score (nSPS) is 33.6. The molecule has 0 bridgehead atoms. The number of carbonyl (C=O) groups excluding carboxylic acids is 1. The summed E-state index contributed by atoms with van der Waals surface area (Å²) in [6.07, 6.45) is 5.90. The van der Waals surface area contributed by atoms with Crippen LogP contribution in [0.15, 0.2) is 0 Å². The fraction of sp³-hybridized carbons (Fsp3) is 0.800. The minimum atomic E-state index is -0.380. The lowest BCUT2D eigenvalue weighted by Crippen LogP contribution is -2.38. The monoisotopic (exact) mass is 250 g/mol. The molecule has 18 heavy (non-hydrogen) atoms. The average molecular weight is 250 g/mol. The SMILES string of the molecule is O=C1CC2C1C[C@H](C#CCCCCCCO)[C@H]2O. The summed E-state index contributed by atoms with van der Waals surface area (Å²) in [5.74, 6) is 6.90. The van der Waals surface area contributed by atoms with Gasteiger partial charge in [0.1, 0.15) is 5.78 Å². The van der Waals surface area contributed by atoms with Gasteiger partial charge < -0.3 is 10.2 Å². The zero-order chi connectivity index (χ0) is 13.0. The molecule has 100 valence electrons. The molecule has 0 radical (unpaired) electrons. The number of hydrogen-bond donors (Lipinski definition) is 2. The smallest absolute Gasteiger partial charge is 0.136 e. The van der Waals surface area contributed by atoms with Gasteiger partial charge in [0, 0.05) is 37.2 Å². The molecule has 2 rings (SSSR count). The first-order valence-electron chi connectivity index (χ1n) is 7.04. The number of ketones is 1. The Hall–Kier alpha value is -0.850. The number of unbranched alkanes of at least 4 members (excludes halogenated alkanes) is 4. The summed E-state index contributed by atoms with van der Waals surface area (Å²) < 4.78 is 0. The summed E-state index contributed by atoms with van der Waals surface area (Å²) in [6.45, 7) is 0.275. The van der Waals surface area contributed by atoms with Crippen LogP contribution in [-0.2, 0) is 4.79 Å². The topological polar surface area (TPSA) is 57.5 Å². The maximum Gasteiger partial charge on any atom is 0.136 e. The summed E-state index contributed by atoms with van der Waals surface area (Å²) in [5, 5.41) is 18.6. The Morgan fingerprint density at radius 2 is 2.00 bits per heavy atom. The predicted molar refractivity (Wildman–Crippen MR) is 68.7 cm³/mol. The molecule has 2 N–H and O–H groups in total. The van der Waals surface area contributed by atoms with Crippen molar-refractivity contribution in [2.45, 2.75) is 51.0 Å². The van der Waals surface area contributed by atoms with Crippen LogP contribution in [0.25, 0.3) is 0 Å². The molecule has 0 amide bonds. The van der Waals surface area contributed by atoms with Crippen LogP contribution in [-0.4, -0.2) is 28.7 Å². The molecule has 2 aliphatic carbocycles. The van der Waals surface area contributed by atoms with Gasteiger partial charge in [0.2, 0.25) is 0 Å². The van der Waals surface area contributed by atoms with Gasteiger partial charge in [-0.1, -0.05) is 18.8 Å². The number of aliphatic hydroxyl groups excluding tert-OH is 2. The fourth-order valence-electron chi connectivity index (χ4n) is 3.01. The van der Waals surface area contributed by atoms with E-state index in [-0.39, 0.29) is 30.5 Å². The third kappa shape index (κ3) is 2.93. The summed E-state index contributed by atoms with van der Waals surface area (Å²) in [4.78, 5) is 11.3. The standard InChI is InChI=1S/C15H22O3/c16-8-6-4-2-1-3-5-7-11-9-12-13(15(11)18)10-14(12)17/h11-13,15-16,18H,1-4,6,8-10H2/t11-,12?,13?,15+/m0/s1. The Morgan fingerprint density at radius 1 is 1.22 bits per heavy atom. The highest BCUT2D eigenvalue weighted by molar-refractivity contribution is 5.88. The fourth-order valence-corrected chi connectivity index (χ4v) is 3.01. The molecule has 0 aromatic carbocycles. The predicted octanol–water partition coefficient (Wildman–Crippen LogP) is 1.52. The lowest BCUT2D eigenvalue weighted by Gasteiger charge is -2.29. The molecule has 0 aromatic rings. The zero-order valence-electron chi connectivity index (χ0n) is 10.8. The lowest BCUT2D eigenvalue weighted by molar-refractivity contribution is -0.135. The van der Waals surface area contributed by atoms with Gasteiger partial charge in [0.05, 0.1) is 6.10 Å². The van der Waals surface area contributed by atoms with E-state index >= 15 is 0 Å². The maximum absolute atomic E-state index is 11.3. The van der Waals surface area contributed by atoms with Gasteiger partial charge in [-0.25, -0.2) is 0 Å². The average Bonchev–Trinajstić information content (AvgIpc) is 2.61. The van der Waals surface area contributed by atoms with Crippen molar-refractivity contribution in [2.75, 3.05) is 6.61 Å². The van der Waals surface area contributed by atoms with Crippen LogP contribution in [0.2, 0.25) is 0 Å². The van der Waals surface area contributed by atoms with E-state index in [0.717, 1.165) is 38.5 Å². The van der Waals surface area contributed by atoms with Crippen molar-refractivity contribution in [3.8, 4) is 11.8 Å². The van der Waals surface area contributed by atoms with Gasteiger partial charge in [0.25, 0.3) is 0 Å². The second kappa shape index (κ2) is 6.36. The first-order chi connectivity index (χ1) is 8.74. The third-order valence-corrected chi connectivity index (χ3v) is 4.22. The van der Waals surface area contributed by atoms with Crippen molar-refractivity contribution in [1.29, 1.82) is 0 Å². The van der Waals surface area contributed by atoms with E-state index in [1.165, 1.54) is 0 Å². The molecule has 2 unspecified atom stereocenters. The number of hydrogen-bond acceptors (Lipinski definition) is 3. The summed E-state index contributed by atoms with van der Waals surface area (Å²) >= 11 is 0. The van der Waals surface area contributed by atoms with Gasteiger partial charge >= 0.3 is 0 Å². The van der Waals surface area contributed by atoms with Crippen LogP contribution >= 0.6 is 0 Å². The molecule has 0 saturated heterocycles. The van der Waals surface area contributed by atoms with Crippen LogP contribution in [0.3, 0.4) is 0 Å². The summed E-state index contributed by atoms with van der Waals surface area (Å²) in [6, 6.07) is 0. The van der Waals surface area contributed by atoms with E-state index in [1.54, 1.807) is 0 Å². The third-order valence-electron chi connectivity index (χ3n) is 4.22. The molecule has 0 aromatic heterocycles. The van der Waals surface area contributed by atoms with E-state index in [1.807, 2.05) is 0 Å². The van der Waals surface area contributed by atoms with Crippen molar-refractivity contribution in [2.24, 2.45) is 17.8 Å². The molecule has 3 heteroatoms. The van der Waals surface area contributed by atoms with Crippen molar-refractivity contribution >= 4 is 5.78 Å². The van der Waals surface area contributed by atoms with Crippen LogP contribution in [0.5, 0.6) is 0 Å². The van der Waals surface area contributed by atoms with Crippen LogP contribution in [0.1, 0.15) is 44.9 Å². The van der Waals surface area contributed by atoms with Gasteiger partial charge in [0.15, 0.2) is 0 Å². The molecule has 2 aliphatic rings. The van der Waals surface area contributed by atoms with E-state index in [4.69, 9.17) is 5.11 Å². The Bertz CT molecular complexity index is 352. The molecule has 3 nitrogen and oxygen atoms in total. The quantitative estimate of drug-likeness (QED) is 0.574. The minimum Gasteiger partial charge on any atom is -0.396 e. The zero-order valence-corrected chi connectivity index (χ0v) is 10.8. The largest absolute Gasteiger partial charge is 0.396 e. The maximum atomic E-state index is 11.3. The molecule has 0 aliphatic heterocycles. The first-order valence-corrected chi connectivity index (χ1v) is 7.04. The number of rotatable bonds is 5. The van der Waals surface area contributed by atoms with Crippen molar-refractivity contribution in [3.05, 3.63) is 0 Å². The summed E-state index contributed by atoms with van der Waals surface area (Å²) in [5.41, 5.74) is 0. The number of carbonyl (C=O) groups is 1. The number of Topliss-reactive ketones (excluding diaryl/α,β-unsaturated/α-hetero) is 1. The molecule has 2 saturated carbocycles. The molecule has 0 spiro atoms. The van der Waals surface area contributed by atoms with Crippen LogP contribution in [0.4, 0.5) is 0 Å². The first kappa shape index (κ1) is 13.6. The highest BCUT2D eigenvalue weighted by Crippen LogP contribution is 2.47. The number of fused-ring (bicyclic) bond motifs is 1. The Labute approximate surface area is 109 Å². The molecule has 4 atom stereocenters. The summed E-state index contributed by atoms with van der Waals surface area (Å²) in [7, 11) is 0. The molecular formula is C15H22O3. The van der Waals surface area contributed by atoms with Crippen molar-refractivity contribution in [1.82, 2.24) is 0 Å².